The van der Waals surface area contributed by atoms with Crippen molar-refractivity contribution in [2.45, 2.75) is 107 Å². The Labute approximate surface area is 195 Å². The third kappa shape index (κ3) is 5.84. The van der Waals surface area contributed by atoms with Crippen LogP contribution in [-0.2, 0) is 28.4 Å². The van der Waals surface area contributed by atoms with Crippen molar-refractivity contribution in [1.29, 1.82) is 0 Å². The lowest BCUT2D eigenvalue weighted by molar-refractivity contribution is -0.318. The van der Waals surface area contributed by atoms with Crippen LogP contribution in [0.2, 0.25) is 0 Å². The molecule has 3 rings (SSSR count). The van der Waals surface area contributed by atoms with E-state index in [0.29, 0.717) is 12.8 Å². The molecule has 0 radical (unpaired) electrons. The van der Waals surface area contributed by atoms with Gasteiger partial charge in [0.15, 0.2) is 18.4 Å². The molecule has 10 heteroatoms. The Hall–Kier alpha value is -0.920. The Balaban J connectivity index is 0.000000238. The van der Waals surface area contributed by atoms with Gasteiger partial charge in [-0.15, -0.1) is 13.2 Å². The van der Waals surface area contributed by atoms with Gasteiger partial charge in [0.05, 0.1) is 0 Å². The van der Waals surface area contributed by atoms with Gasteiger partial charge >= 0.3 is 0 Å². The molecule has 0 aromatic carbocycles. The minimum atomic E-state index is -1.41. The first-order valence-corrected chi connectivity index (χ1v) is 11.0. The summed E-state index contributed by atoms with van der Waals surface area (Å²) in [5.74, 6) is -0.740. The lowest BCUT2D eigenvalue weighted by Crippen LogP contribution is -2.63. The smallest absolute Gasteiger partial charge is 0.184 e. The van der Waals surface area contributed by atoms with Gasteiger partial charge < -0.3 is 48.8 Å². The van der Waals surface area contributed by atoms with Crippen LogP contribution in [0.1, 0.15) is 40.5 Å². The minimum absolute atomic E-state index is 0.314. The van der Waals surface area contributed by atoms with Gasteiger partial charge in [-0.05, 0) is 40.5 Å². The van der Waals surface area contributed by atoms with E-state index in [9.17, 15) is 20.4 Å². The average Bonchev–Trinajstić information content (AvgIpc) is 3.03. The Morgan fingerprint density at radius 2 is 1.15 bits per heavy atom. The van der Waals surface area contributed by atoms with E-state index in [1.54, 1.807) is 26.2 Å². The molecule has 3 saturated heterocycles. The summed E-state index contributed by atoms with van der Waals surface area (Å²) in [5.41, 5.74) is -1.55. The second kappa shape index (κ2) is 10.8. The van der Waals surface area contributed by atoms with Crippen molar-refractivity contribution in [3.05, 3.63) is 25.3 Å². The Bertz CT molecular complexity index is 672. The molecule has 0 saturated carbocycles. The van der Waals surface area contributed by atoms with Crippen LogP contribution in [0.4, 0.5) is 0 Å². The van der Waals surface area contributed by atoms with E-state index in [0.717, 1.165) is 0 Å². The van der Waals surface area contributed by atoms with Crippen molar-refractivity contribution in [3.63, 3.8) is 0 Å². The van der Waals surface area contributed by atoms with Gasteiger partial charge in [-0.3, -0.25) is 0 Å². The van der Waals surface area contributed by atoms with Gasteiger partial charge in [0, 0.05) is 14.2 Å². The summed E-state index contributed by atoms with van der Waals surface area (Å²) in [7, 11) is 3.03. The van der Waals surface area contributed by atoms with Crippen molar-refractivity contribution in [1.82, 2.24) is 0 Å². The third-order valence-corrected chi connectivity index (χ3v) is 6.29. The molecule has 0 bridgehead atoms. The number of ether oxygens (including phenoxy) is 6. The Morgan fingerprint density at radius 1 is 0.697 bits per heavy atom. The monoisotopic (exact) mass is 476 g/mol. The lowest BCUT2D eigenvalue weighted by atomic mass is 9.85. The predicted octanol–water partition coefficient (Wildman–Crippen LogP) is 0.612. The van der Waals surface area contributed by atoms with Crippen molar-refractivity contribution in [3.8, 4) is 0 Å². The van der Waals surface area contributed by atoms with Crippen LogP contribution in [0.25, 0.3) is 0 Å². The molecule has 10 atom stereocenters. The molecule has 3 aliphatic heterocycles. The van der Waals surface area contributed by atoms with E-state index in [4.69, 9.17) is 28.4 Å². The van der Waals surface area contributed by atoms with Gasteiger partial charge in [0.1, 0.15) is 47.8 Å². The van der Waals surface area contributed by atoms with E-state index in [2.05, 4.69) is 13.2 Å². The number of rotatable bonds is 6. The molecule has 3 heterocycles. The number of methoxy groups -OCH3 is 2. The van der Waals surface area contributed by atoms with Crippen LogP contribution < -0.4 is 0 Å². The van der Waals surface area contributed by atoms with Gasteiger partial charge in [-0.25, -0.2) is 0 Å². The van der Waals surface area contributed by atoms with E-state index < -0.39 is 54.0 Å². The van der Waals surface area contributed by atoms with Gasteiger partial charge in [0.2, 0.25) is 0 Å². The van der Waals surface area contributed by atoms with Crippen LogP contribution in [0.5, 0.6) is 0 Å². The Kier molecular flexibility index (Phi) is 9.25. The van der Waals surface area contributed by atoms with Crippen molar-refractivity contribution < 1.29 is 48.8 Å². The molecular weight excluding hydrogens is 436 g/mol. The molecule has 10 nitrogen and oxygen atoms in total. The highest BCUT2D eigenvalue weighted by Crippen LogP contribution is 2.43. The molecular formula is C23H40O10. The average molecular weight is 477 g/mol. The summed E-state index contributed by atoms with van der Waals surface area (Å²) in [5, 5.41) is 38.6. The largest absolute Gasteiger partial charge is 0.387 e. The fourth-order valence-corrected chi connectivity index (χ4v) is 4.82. The maximum atomic E-state index is 10.1. The molecule has 3 fully saturated rings. The molecule has 8 unspecified atom stereocenters. The van der Waals surface area contributed by atoms with Crippen molar-refractivity contribution in [2.75, 3.05) is 14.2 Å². The lowest BCUT2D eigenvalue weighted by Gasteiger charge is -2.46. The Morgan fingerprint density at radius 3 is 1.64 bits per heavy atom. The first kappa shape index (κ1) is 28.3. The van der Waals surface area contributed by atoms with E-state index in [1.165, 1.54) is 7.11 Å². The molecule has 0 aliphatic carbocycles. The fraction of sp³-hybridized carbons (Fsp3) is 0.826. The highest BCUT2D eigenvalue weighted by Gasteiger charge is 2.59. The van der Waals surface area contributed by atoms with Gasteiger partial charge in [-0.1, -0.05) is 12.2 Å². The molecule has 4 N–H and O–H groups in total. The summed E-state index contributed by atoms with van der Waals surface area (Å²) in [6.07, 6.45) is -2.51. The zero-order chi connectivity index (χ0) is 25.2. The van der Waals surface area contributed by atoms with Crippen LogP contribution in [0.3, 0.4) is 0 Å². The number of aliphatic hydroxyl groups is 4. The normalized spacial score (nSPS) is 46.6. The first-order valence-electron chi connectivity index (χ1n) is 11.0. The van der Waals surface area contributed by atoms with Crippen LogP contribution in [-0.4, -0.2) is 101 Å². The van der Waals surface area contributed by atoms with Crippen LogP contribution >= 0.6 is 0 Å². The maximum absolute atomic E-state index is 10.1. The summed E-state index contributed by atoms with van der Waals surface area (Å²) in [6, 6.07) is 0. The van der Waals surface area contributed by atoms with Gasteiger partial charge in [0.25, 0.3) is 0 Å². The summed E-state index contributed by atoms with van der Waals surface area (Å²) in [6.45, 7) is 14.5. The summed E-state index contributed by atoms with van der Waals surface area (Å²) < 4.78 is 33.1. The quantitative estimate of drug-likeness (QED) is 0.404. The van der Waals surface area contributed by atoms with E-state index in [1.807, 2.05) is 20.8 Å². The van der Waals surface area contributed by atoms with Crippen LogP contribution in [0, 0.1) is 0 Å². The number of hydrogen-bond donors (Lipinski definition) is 4. The maximum Gasteiger partial charge on any atom is 0.184 e. The topological polar surface area (TPSA) is 136 Å². The molecule has 0 amide bonds. The standard InChI is InChI=1S/C13H22O5.C10H18O5/c1-6-7-13(4)10(15-5)8-9(11(14)18-13)17-12(2,3)16-8;1-4-5-10(2)8(14-3)6(11)7(12)9(13)15-10/h6,8-11,14H,1,7H2,2-5H3;4,6-9,11-13H,1,5H2,2-3H3/t8?,9?,10?,11?,13-;6?,7?,8?,9?,10-/m00/s1. The molecule has 0 spiro atoms. The SMILES string of the molecule is C=CC[C@]1(C)OC(O)C(O)C(O)C1OC.C=CC[C@]1(C)OC(O)C2OC(C)(C)OC2C1OC. The molecule has 0 aromatic rings. The molecule has 192 valence electrons. The van der Waals surface area contributed by atoms with E-state index >= 15 is 0 Å². The van der Waals surface area contributed by atoms with Gasteiger partial charge in [-0.2, -0.15) is 0 Å². The minimum Gasteiger partial charge on any atom is -0.387 e. The number of fused-ring (bicyclic) bond motifs is 1. The number of aliphatic hydroxyl groups excluding tert-OH is 4. The molecule has 33 heavy (non-hydrogen) atoms. The third-order valence-electron chi connectivity index (χ3n) is 6.29. The fourth-order valence-electron chi connectivity index (χ4n) is 4.82. The van der Waals surface area contributed by atoms with Crippen LogP contribution in [0.15, 0.2) is 25.3 Å². The zero-order valence-electron chi connectivity index (χ0n) is 20.3. The highest BCUT2D eigenvalue weighted by atomic mass is 16.8. The summed E-state index contributed by atoms with van der Waals surface area (Å²) in [4.78, 5) is 0. The van der Waals surface area contributed by atoms with E-state index in [-0.39, 0.29) is 12.2 Å². The molecule has 0 aromatic heterocycles. The van der Waals surface area contributed by atoms with Crippen molar-refractivity contribution in [2.24, 2.45) is 0 Å². The summed E-state index contributed by atoms with van der Waals surface area (Å²) >= 11 is 0. The molecule has 3 aliphatic rings. The first-order chi connectivity index (χ1) is 15.3. The number of hydrogen-bond acceptors (Lipinski definition) is 10. The highest BCUT2D eigenvalue weighted by molar-refractivity contribution is 5.05. The zero-order valence-corrected chi connectivity index (χ0v) is 20.3. The second-order valence-corrected chi connectivity index (χ2v) is 9.49. The van der Waals surface area contributed by atoms with Crippen molar-refractivity contribution >= 4 is 0 Å². The second-order valence-electron chi connectivity index (χ2n) is 9.49. The predicted molar refractivity (Wildman–Crippen MR) is 118 cm³/mol.